The van der Waals surface area contributed by atoms with Crippen LogP contribution in [0.5, 0.6) is 0 Å². The van der Waals surface area contributed by atoms with Crippen molar-refractivity contribution in [2.24, 2.45) is 11.0 Å². The lowest BCUT2D eigenvalue weighted by molar-refractivity contribution is -0.126. The predicted molar refractivity (Wildman–Crippen MR) is 105 cm³/mol. The first kappa shape index (κ1) is 20.4. The van der Waals surface area contributed by atoms with Gasteiger partial charge in [-0.25, -0.2) is 18.2 Å². The molecule has 28 heavy (non-hydrogen) atoms. The van der Waals surface area contributed by atoms with Crippen molar-refractivity contribution in [3.8, 4) is 0 Å². The van der Waals surface area contributed by atoms with Gasteiger partial charge in [-0.3, -0.25) is 4.79 Å². The lowest BCUT2D eigenvalue weighted by atomic mass is 9.98. The van der Waals surface area contributed by atoms with Crippen molar-refractivity contribution in [1.29, 1.82) is 0 Å². The standard InChI is InChI=1S/C19H19ClFN3O3S/c20-16-5-7-17(8-6-16)28(26,27)24-11-9-14(10-12-24)19(25)23-22-13-15-3-1-2-4-18(15)21/h1-8,13-14H,9-12H2,(H,23,25)/b22-13-. The maximum Gasteiger partial charge on any atom is 0.243 e. The molecule has 0 saturated carbocycles. The normalized spacial score (nSPS) is 16.4. The van der Waals surface area contributed by atoms with Crippen molar-refractivity contribution in [1.82, 2.24) is 9.73 Å². The van der Waals surface area contributed by atoms with Gasteiger partial charge in [0.25, 0.3) is 0 Å². The lowest BCUT2D eigenvalue weighted by Crippen LogP contribution is -2.42. The fourth-order valence-electron chi connectivity index (χ4n) is 2.95. The number of nitrogens with one attached hydrogen (secondary N) is 1. The second-order valence-corrected chi connectivity index (χ2v) is 8.76. The van der Waals surface area contributed by atoms with Gasteiger partial charge in [0, 0.05) is 29.6 Å². The Morgan fingerprint density at radius 1 is 1.14 bits per heavy atom. The van der Waals surface area contributed by atoms with E-state index in [1.54, 1.807) is 18.2 Å². The van der Waals surface area contributed by atoms with E-state index in [9.17, 15) is 17.6 Å². The number of carbonyl (C=O) groups excluding carboxylic acids is 1. The van der Waals surface area contributed by atoms with Gasteiger partial charge in [0.05, 0.1) is 11.1 Å². The summed E-state index contributed by atoms with van der Waals surface area (Å²) in [4.78, 5) is 12.4. The summed E-state index contributed by atoms with van der Waals surface area (Å²) >= 11 is 5.81. The maximum absolute atomic E-state index is 13.5. The van der Waals surface area contributed by atoms with Crippen LogP contribution in [-0.4, -0.2) is 37.9 Å². The molecule has 1 aliphatic rings. The molecule has 148 valence electrons. The summed E-state index contributed by atoms with van der Waals surface area (Å²) in [5.41, 5.74) is 2.67. The number of carbonyl (C=O) groups is 1. The van der Waals surface area contributed by atoms with E-state index < -0.39 is 15.8 Å². The Morgan fingerprint density at radius 2 is 1.79 bits per heavy atom. The molecule has 1 saturated heterocycles. The van der Waals surface area contributed by atoms with E-state index in [2.05, 4.69) is 10.5 Å². The number of benzene rings is 2. The molecule has 0 radical (unpaired) electrons. The van der Waals surface area contributed by atoms with Gasteiger partial charge in [-0.2, -0.15) is 9.41 Å². The fourth-order valence-corrected chi connectivity index (χ4v) is 4.55. The number of hydrogen-bond acceptors (Lipinski definition) is 4. The Kier molecular flexibility index (Phi) is 6.43. The summed E-state index contributed by atoms with van der Waals surface area (Å²) in [5.74, 6) is -1.09. The second-order valence-electron chi connectivity index (χ2n) is 6.39. The SMILES string of the molecule is O=C(N/N=C\c1ccccc1F)C1CCN(S(=O)(=O)c2ccc(Cl)cc2)CC1. The third-order valence-corrected chi connectivity index (χ3v) is 6.72. The molecule has 0 bridgehead atoms. The predicted octanol–water partition coefficient (Wildman–Crippen LogP) is 3.03. The van der Waals surface area contributed by atoms with Crippen LogP contribution in [0.2, 0.25) is 5.02 Å². The molecule has 0 aliphatic carbocycles. The van der Waals surface area contributed by atoms with Gasteiger partial charge in [-0.1, -0.05) is 29.8 Å². The Morgan fingerprint density at radius 3 is 2.43 bits per heavy atom. The molecule has 6 nitrogen and oxygen atoms in total. The molecule has 1 N–H and O–H groups in total. The Bertz CT molecular complexity index is 972. The third-order valence-electron chi connectivity index (χ3n) is 4.56. The minimum Gasteiger partial charge on any atom is -0.273 e. The molecule has 0 spiro atoms. The van der Waals surface area contributed by atoms with Crippen molar-refractivity contribution in [3.05, 3.63) is 64.9 Å². The number of halogens is 2. The molecular formula is C19H19ClFN3O3S. The van der Waals surface area contributed by atoms with Gasteiger partial charge in [0.2, 0.25) is 15.9 Å². The van der Waals surface area contributed by atoms with Crippen LogP contribution in [0.3, 0.4) is 0 Å². The van der Waals surface area contributed by atoms with Crippen molar-refractivity contribution in [2.75, 3.05) is 13.1 Å². The minimum absolute atomic E-state index is 0.175. The van der Waals surface area contributed by atoms with Crippen LogP contribution in [0, 0.1) is 11.7 Å². The second kappa shape index (κ2) is 8.81. The molecule has 1 amide bonds. The van der Waals surface area contributed by atoms with Crippen LogP contribution in [0.25, 0.3) is 0 Å². The number of sulfonamides is 1. The number of amides is 1. The van der Waals surface area contributed by atoms with Crippen molar-refractivity contribution in [3.63, 3.8) is 0 Å². The molecule has 2 aromatic carbocycles. The van der Waals surface area contributed by atoms with Crippen LogP contribution in [0.1, 0.15) is 18.4 Å². The molecule has 1 fully saturated rings. The summed E-state index contributed by atoms with van der Waals surface area (Å²) in [6.45, 7) is 0.472. The maximum atomic E-state index is 13.5. The summed E-state index contributed by atoms with van der Waals surface area (Å²) in [6.07, 6.45) is 2.01. The van der Waals surface area contributed by atoms with Crippen molar-refractivity contribution >= 4 is 33.7 Å². The van der Waals surface area contributed by atoms with E-state index in [1.165, 1.54) is 40.9 Å². The van der Waals surface area contributed by atoms with Crippen molar-refractivity contribution in [2.45, 2.75) is 17.7 Å². The van der Waals surface area contributed by atoms with Crippen LogP contribution in [0.4, 0.5) is 4.39 Å². The van der Waals surface area contributed by atoms with Gasteiger partial charge < -0.3 is 0 Å². The van der Waals surface area contributed by atoms with Crippen molar-refractivity contribution < 1.29 is 17.6 Å². The molecule has 0 aromatic heterocycles. The zero-order chi connectivity index (χ0) is 20.1. The van der Waals surface area contributed by atoms with Crippen LogP contribution < -0.4 is 5.43 Å². The van der Waals surface area contributed by atoms with Gasteiger partial charge in [-0.05, 0) is 43.2 Å². The van der Waals surface area contributed by atoms with Gasteiger partial charge in [0.1, 0.15) is 5.82 Å². The highest BCUT2D eigenvalue weighted by Crippen LogP contribution is 2.24. The number of piperidine rings is 1. The van der Waals surface area contributed by atoms with E-state index in [4.69, 9.17) is 11.6 Å². The lowest BCUT2D eigenvalue weighted by Gasteiger charge is -2.30. The summed E-state index contributed by atoms with van der Waals surface area (Å²) < 4.78 is 40.2. The first-order chi connectivity index (χ1) is 13.4. The van der Waals surface area contributed by atoms with Crippen LogP contribution in [0.15, 0.2) is 58.5 Å². The summed E-state index contributed by atoms with van der Waals surface area (Å²) in [5, 5.41) is 4.26. The highest BCUT2D eigenvalue weighted by molar-refractivity contribution is 7.89. The minimum atomic E-state index is -3.61. The van der Waals surface area contributed by atoms with Crippen LogP contribution in [-0.2, 0) is 14.8 Å². The molecule has 3 rings (SSSR count). The number of hydrogen-bond donors (Lipinski definition) is 1. The average molecular weight is 424 g/mol. The zero-order valence-electron chi connectivity index (χ0n) is 14.9. The number of nitrogens with zero attached hydrogens (tertiary/aromatic N) is 2. The smallest absolute Gasteiger partial charge is 0.243 e. The summed E-state index contributed by atoms with van der Waals surface area (Å²) in [7, 11) is -3.61. The molecular weight excluding hydrogens is 405 g/mol. The van der Waals surface area contributed by atoms with Gasteiger partial charge >= 0.3 is 0 Å². The third kappa shape index (κ3) is 4.76. The number of hydrazone groups is 1. The fraction of sp³-hybridized carbons (Fsp3) is 0.263. The molecule has 9 heteroatoms. The van der Waals surface area contributed by atoms with Crippen LogP contribution >= 0.6 is 11.6 Å². The molecule has 2 aromatic rings. The average Bonchev–Trinajstić information content (AvgIpc) is 2.70. The molecule has 0 atom stereocenters. The zero-order valence-corrected chi connectivity index (χ0v) is 16.5. The largest absolute Gasteiger partial charge is 0.273 e. The van der Waals surface area contributed by atoms with Gasteiger partial charge in [0.15, 0.2) is 0 Å². The Hall–Kier alpha value is -2.29. The number of rotatable bonds is 5. The summed E-state index contributed by atoms with van der Waals surface area (Å²) in [6, 6.07) is 12.1. The van der Waals surface area contributed by atoms with Gasteiger partial charge in [-0.15, -0.1) is 0 Å². The van der Waals surface area contributed by atoms with E-state index in [-0.39, 0.29) is 35.4 Å². The monoisotopic (exact) mass is 423 g/mol. The Balaban J connectivity index is 1.55. The highest BCUT2D eigenvalue weighted by atomic mass is 35.5. The quantitative estimate of drug-likeness (QED) is 0.593. The van der Waals surface area contributed by atoms with E-state index in [0.717, 1.165) is 0 Å². The topological polar surface area (TPSA) is 78.8 Å². The molecule has 0 unspecified atom stereocenters. The van der Waals surface area contributed by atoms with E-state index in [1.807, 2.05) is 0 Å². The first-order valence-corrected chi connectivity index (χ1v) is 10.5. The van der Waals surface area contributed by atoms with E-state index in [0.29, 0.717) is 17.9 Å². The molecule has 1 aliphatic heterocycles. The van der Waals surface area contributed by atoms with E-state index >= 15 is 0 Å². The molecule has 1 heterocycles. The first-order valence-electron chi connectivity index (χ1n) is 8.71. The Labute approximate surface area is 168 Å². The highest BCUT2D eigenvalue weighted by Gasteiger charge is 2.32.